The largest absolute Gasteiger partial charge is 0.459 e. The third-order valence-corrected chi connectivity index (χ3v) is 3.41. The third kappa shape index (κ3) is 8.32. The first kappa shape index (κ1) is 17.2. The summed E-state index contributed by atoms with van der Waals surface area (Å²) in [6.45, 7) is 9.99. The Kier molecular flexibility index (Phi) is 10.8. The van der Waals surface area contributed by atoms with Crippen LogP contribution in [0.1, 0.15) is 72.1 Å². The SMILES string of the molecule is C=CC(=O)OC(CC)CC(CCC)CCCCC. The van der Waals surface area contributed by atoms with Crippen LogP contribution in [0.15, 0.2) is 12.7 Å². The van der Waals surface area contributed by atoms with E-state index >= 15 is 0 Å². The van der Waals surface area contributed by atoms with E-state index in [1.54, 1.807) is 0 Å². The van der Waals surface area contributed by atoms with Crippen molar-refractivity contribution in [2.24, 2.45) is 5.92 Å². The second-order valence-electron chi connectivity index (χ2n) is 5.06. The van der Waals surface area contributed by atoms with Gasteiger partial charge in [-0.05, 0) is 18.8 Å². The van der Waals surface area contributed by atoms with Crippen LogP contribution < -0.4 is 0 Å². The minimum Gasteiger partial charge on any atom is -0.459 e. The Labute approximate surface area is 113 Å². The molecule has 0 aromatic heterocycles. The third-order valence-electron chi connectivity index (χ3n) is 3.41. The lowest BCUT2D eigenvalue weighted by molar-refractivity contribution is -0.144. The highest BCUT2D eigenvalue weighted by molar-refractivity contribution is 5.81. The first-order valence-electron chi connectivity index (χ1n) is 7.50. The molecule has 0 fully saturated rings. The number of carbonyl (C=O) groups excluding carboxylic acids is 1. The van der Waals surface area contributed by atoms with Crippen molar-refractivity contribution in [1.82, 2.24) is 0 Å². The van der Waals surface area contributed by atoms with E-state index in [4.69, 9.17) is 4.74 Å². The van der Waals surface area contributed by atoms with Gasteiger partial charge in [-0.2, -0.15) is 0 Å². The number of unbranched alkanes of at least 4 members (excludes halogenated alkanes) is 2. The molecule has 0 aliphatic heterocycles. The summed E-state index contributed by atoms with van der Waals surface area (Å²) < 4.78 is 5.37. The van der Waals surface area contributed by atoms with Gasteiger partial charge in [0.1, 0.15) is 6.10 Å². The van der Waals surface area contributed by atoms with Crippen molar-refractivity contribution in [3.05, 3.63) is 12.7 Å². The molecule has 0 bridgehead atoms. The first-order chi connectivity index (χ1) is 8.67. The molecule has 2 heteroatoms. The zero-order valence-corrected chi connectivity index (χ0v) is 12.4. The topological polar surface area (TPSA) is 26.3 Å². The van der Waals surface area contributed by atoms with Crippen molar-refractivity contribution in [1.29, 1.82) is 0 Å². The molecule has 0 heterocycles. The summed E-state index contributed by atoms with van der Waals surface area (Å²) in [6, 6.07) is 0. The van der Waals surface area contributed by atoms with Gasteiger partial charge in [-0.1, -0.05) is 65.9 Å². The van der Waals surface area contributed by atoms with Crippen LogP contribution in [0.25, 0.3) is 0 Å². The predicted octanol–water partition coefficient (Wildman–Crippen LogP) is 4.88. The summed E-state index contributed by atoms with van der Waals surface area (Å²) in [6.07, 6.45) is 10.8. The van der Waals surface area contributed by atoms with Crippen molar-refractivity contribution in [3.63, 3.8) is 0 Å². The number of ether oxygens (including phenoxy) is 1. The number of esters is 1. The average molecular weight is 254 g/mol. The van der Waals surface area contributed by atoms with Gasteiger partial charge in [0.15, 0.2) is 0 Å². The average Bonchev–Trinajstić information content (AvgIpc) is 2.38. The zero-order chi connectivity index (χ0) is 13.8. The Morgan fingerprint density at radius 3 is 2.39 bits per heavy atom. The van der Waals surface area contributed by atoms with E-state index in [-0.39, 0.29) is 12.1 Å². The van der Waals surface area contributed by atoms with Crippen LogP contribution in [0.4, 0.5) is 0 Å². The van der Waals surface area contributed by atoms with Crippen molar-refractivity contribution >= 4 is 5.97 Å². The molecule has 0 aromatic rings. The van der Waals surface area contributed by atoms with Crippen molar-refractivity contribution in [3.8, 4) is 0 Å². The molecule has 0 radical (unpaired) electrons. The smallest absolute Gasteiger partial charge is 0.330 e. The number of hydrogen-bond acceptors (Lipinski definition) is 2. The van der Waals surface area contributed by atoms with Crippen LogP contribution in [0, 0.1) is 5.92 Å². The van der Waals surface area contributed by atoms with E-state index in [0.717, 1.165) is 12.8 Å². The van der Waals surface area contributed by atoms with Crippen molar-refractivity contribution in [2.45, 2.75) is 78.2 Å². The predicted molar refractivity (Wildman–Crippen MR) is 77.5 cm³/mol. The van der Waals surface area contributed by atoms with Crippen molar-refractivity contribution in [2.75, 3.05) is 0 Å². The van der Waals surface area contributed by atoms with Gasteiger partial charge in [-0.25, -0.2) is 4.79 Å². The maximum atomic E-state index is 11.2. The van der Waals surface area contributed by atoms with Crippen LogP contribution >= 0.6 is 0 Å². The van der Waals surface area contributed by atoms with E-state index < -0.39 is 0 Å². The lowest BCUT2D eigenvalue weighted by Crippen LogP contribution is -2.20. The van der Waals surface area contributed by atoms with Gasteiger partial charge in [0.25, 0.3) is 0 Å². The Morgan fingerprint density at radius 2 is 1.89 bits per heavy atom. The zero-order valence-electron chi connectivity index (χ0n) is 12.4. The quantitative estimate of drug-likeness (QED) is 0.298. The van der Waals surface area contributed by atoms with Crippen LogP contribution in [0.3, 0.4) is 0 Å². The first-order valence-corrected chi connectivity index (χ1v) is 7.50. The summed E-state index contributed by atoms with van der Waals surface area (Å²) in [5, 5.41) is 0. The molecule has 0 amide bonds. The summed E-state index contributed by atoms with van der Waals surface area (Å²) in [4.78, 5) is 11.2. The summed E-state index contributed by atoms with van der Waals surface area (Å²) in [7, 11) is 0. The second-order valence-corrected chi connectivity index (χ2v) is 5.06. The van der Waals surface area contributed by atoms with Gasteiger partial charge in [0, 0.05) is 6.08 Å². The molecule has 0 aromatic carbocycles. The van der Waals surface area contributed by atoms with Crippen LogP contribution in [0.2, 0.25) is 0 Å². The molecule has 106 valence electrons. The summed E-state index contributed by atoms with van der Waals surface area (Å²) in [5.74, 6) is 0.412. The molecule has 0 N–H and O–H groups in total. The molecule has 18 heavy (non-hydrogen) atoms. The summed E-state index contributed by atoms with van der Waals surface area (Å²) in [5.41, 5.74) is 0. The number of hydrogen-bond donors (Lipinski definition) is 0. The highest BCUT2D eigenvalue weighted by Crippen LogP contribution is 2.23. The van der Waals surface area contributed by atoms with E-state index in [1.165, 1.54) is 44.6 Å². The van der Waals surface area contributed by atoms with Gasteiger partial charge in [-0.3, -0.25) is 0 Å². The Morgan fingerprint density at radius 1 is 1.17 bits per heavy atom. The van der Waals surface area contributed by atoms with E-state index in [0.29, 0.717) is 5.92 Å². The molecule has 0 spiro atoms. The van der Waals surface area contributed by atoms with Crippen LogP contribution in [-0.2, 0) is 9.53 Å². The second kappa shape index (κ2) is 11.3. The molecule has 2 atom stereocenters. The van der Waals surface area contributed by atoms with Gasteiger partial charge < -0.3 is 4.74 Å². The molecule has 0 aliphatic rings. The monoisotopic (exact) mass is 254 g/mol. The summed E-state index contributed by atoms with van der Waals surface area (Å²) >= 11 is 0. The maximum absolute atomic E-state index is 11.2. The molecule has 2 nitrogen and oxygen atoms in total. The van der Waals surface area contributed by atoms with Crippen LogP contribution in [0.5, 0.6) is 0 Å². The lowest BCUT2D eigenvalue weighted by Gasteiger charge is -2.22. The van der Waals surface area contributed by atoms with Gasteiger partial charge in [-0.15, -0.1) is 0 Å². The Hall–Kier alpha value is -0.790. The van der Waals surface area contributed by atoms with Crippen molar-refractivity contribution < 1.29 is 9.53 Å². The lowest BCUT2D eigenvalue weighted by atomic mass is 9.90. The molecule has 0 saturated heterocycles. The van der Waals surface area contributed by atoms with E-state index in [9.17, 15) is 4.79 Å². The fourth-order valence-electron chi connectivity index (χ4n) is 2.35. The van der Waals surface area contributed by atoms with E-state index in [1.807, 2.05) is 0 Å². The minimum absolute atomic E-state index is 0.0636. The number of rotatable bonds is 11. The maximum Gasteiger partial charge on any atom is 0.330 e. The standard InChI is InChI=1S/C16H30O2/c1-5-9-10-12-14(11-6-2)13-15(7-3)18-16(17)8-4/h8,14-15H,4-7,9-13H2,1-3H3. The highest BCUT2D eigenvalue weighted by atomic mass is 16.5. The highest BCUT2D eigenvalue weighted by Gasteiger charge is 2.17. The fourth-order valence-corrected chi connectivity index (χ4v) is 2.35. The van der Waals surface area contributed by atoms with Gasteiger partial charge in [0.2, 0.25) is 0 Å². The van der Waals surface area contributed by atoms with Gasteiger partial charge in [0.05, 0.1) is 0 Å². The fraction of sp³-hybridized carbons (Fsp3) is 0.812. The van der Waals surface area contributed by atoms with E-state index in [2.05, 4.69) is 27.4 Å². The number of carbonyl (C=O) groups is 1. The normalized spacial score (nSPS) is 13.9. The molecule has 0 saturated carbocycles. The molecular formula is C16H30O2. The molecule has 0 rings (SSSR count). The minimum atomic E-state index is -0.286. The van der Waals surface area contributed by atoms with Crippen LogP contribution in [-0.4, -0.2) is 12.1 Å². The Bertz CT molecular complexity index is 223. The van der Waals surface area contributed by atoms with Gasteiger partial charge >= 0.3 is 5.97 Å². The molecule has 2 unspecified atom stereocenters. The molecule has 0 aliphatic carbocycles. The molecular weight excluding hydrogens is 224 g/mol. The Balaban J connectivity index is 4.15.